The summed E-state index contributed by atoms with van der Waals surface area (Å²) in [5.74, 6) is 0. The molecule has 0 spiro atoms. The van der Waals surface area contributed by atoms with E-state index in [-0.39, 0.29) is 30.5 Å². The fourth-order valence-corrected chi connectivity index (χ4v) is 9.06. The lowest BCUT2D eigenvalue weighted by Crippen LogP contribution is -2.67. The molecule has 1 fully saturated rings. The summed E-state index contributed by atoms with van der Waals surface area (Å²) >= 11 is 0. The van der Waals surface area contributed by atoms with E-state index in [1.54, 1.807) is 0 Å². The number of rotatable bonds is 7. The molecule has 0 heterocycles. The lowest BCUT2D eigenvalue weighted by atomic mass is 10.2. The standard InChI is InChI=1S/C23H32O4Si/c1-23(2,3)28(19-10-6-4-7-11-19,20-12-8-5-9-13-20)27-18-16-21(25)22(17-18)26-15-14-24/h4-13,18,21-22,24-25H,14-17H2,1-3H3/t18-,21-,22+/m0/s1. The molecule has 2 aromatic rings. The zero-order valence-corrected chi connectivity index (χ0v) is 18.0. The van der Waals surface area contributed by atoms with Gasteiger partial charge in [-0.1, -0.05) is 81.4 Å². The molecule has 0 amide bonds. The molecule has 0 bridgehead atoms. The summed E-state index contributed by atoms with van der Waals surface area (Å²) in [6, 6.07) is 21.1. The van der Waals surface area contributed by atoms with Crippen LogP contribution in [0.2, 0.25) is 5.04 Å². The van der Waals surface area contributed by atoms with Crippen LogP contribution in [0, 0.1) is 0 Å². The molecule has 5 heteroatoms. The average molecular weight is 401 g/mol. The number of aliphatic hydroxyl groups is 2. The Morgan fingerprint density at radius 1 is 0.929 bits per heavy atom. The van der Waals surface area contributed by atoms with Crippen molar-refractivity contribution in [2.75, 3.05) is 13.2 Å². The lowest BCUT2D eigenvalue weighted by molar-refractivity contribution is -0.0306. The average Bonchev–Trinajstić information content (AvgIpc) is 3.04. The third-order valence-corrected chi connectivity index (χ3v) is 10.7. The molecule has 2 N–H and O–H groups in total. The first kappa shape index (κ1) is 21.2. The molecular weight excluding hydrogens is 368 g/mol. The second-order valence-corrected chi connectivity index (χ2v) is 12.8. The van der Waals surface area contributed by atoms with Crippen molar-refractivity contribution in [2.24, 2.45) is 0 Å². The minimum Gasteiger partial charge on any atom is -0.404 e. The van der Waals surface area contributed by atoms with Gasteiger partial charge in [0.2, 0.25) is 0 Å². The van der Waals surface area contributed by atoms with Gasteiger partial charge in [0.1, 0.15) is 0 Å². The third kappa shape index (κ3) is 4.24. The van der Waals surface area contributed by atoms with Gasteiger partial charge in [-0.15, -0.1) is 0 Å². The fraction of sp³-hybridized carbons (Fsp3) is 0.478. The molecule has 1 aliphatic rings. The number of hydrogen-bond donors (Lipinski definition) is 2. The Labute approximate surface area is 169 Å². The quantitative estimate of drug-likeness (QED) is 0.701. The Hall–Kier alpha value is -1.50. The van der Waals surface area contributed by atoms with Crippen LogP contribution in [0.15, 0.2) is 60.7 Å². The summed E-state index contributed by atoms with van der Waals surface area (Å²) in [5.41, 5.74) is 0. The smallest absolute Gasteiger partial charge is 0.261 e. The van der Waals surface area contributed by atoms with E-state index in [1.165, 1.54) is 10.4 Å². The molecule has 2 aromatic carbocycles. The summed E-state index contributed by atoms with van der Waals surface area (Å²) in [7, 11) is -2.62. The Morgan fingerprint density at radius 3 is 1.93 bits per heavy atom. The molecule has 0 unspecified atom stereocenters. The summed E-state index contributed by atoms with van der Waals surface area (Å²) in [6.45, 7) is 6.97. The second-order valence-electron chi connectivity index (χ2n) is 8.57. The van der Waals surface area contributed by atoms with Crippen LogP contribution in [0.5, 0.6) is 0 Å². The van der Waals surface area contributed by atoms with E-state index in [1.807, 2.05) is 12.1 Å². The summed E-state index contributed by atoms with van der Waals surface area (Å²) < 4.78 is 12.7. The maximum Gasteiger partial charge on any atom is 0.261 e. The minimum atomic E-state index is -2.62. The Kier molecular flexibility index (Phi) is 6.73. The van der Waals surface area contributed by atoms with Gasteiger partial charge < -0.3 is 19.4 Å². The zero-order valence-electron chi connectivity index (χ0n) is 17.0. The molecule has 0 aliphatic heterocycles. The second kappa shape index (κ2) is 8.89. The van der Waals surface area contributed by atoms with Crippen molar-refractivity contribution in [3.05, 3.63) is 60.7 Å². The van der Waals surface area contributed by atoms with Crippen molar-refractivity contribution in [2.45, 2.75) is 57.0 Å². The molecular formula is C23H32O4Si. The van der Waals surface area contributed by atoms with Crippen molar-refractivity contribution >= 4 is 18.7 Å². The minimum absolute atomic E-state index is 0.0382. The zero-order chi connectivity index (χ0) is 20.2. The van der Waals surface area contributed by atoms with E-state index in [0.717, 1.165) is 0 Å². The SMILES string of the molecule is CC(C)(C)[Si](O[C@H]1C[C@H](O)[C@H](OCCO)C1)(c1ccccc1)c1ccccc1. The van der Waals surface area contributed by atoms with Crippen molar-refractivity contribution in [3.63, 3.8) is 0 Å². The van der Waals surface area contributed by atoms with E-state index in [2.05, 4.69) is 69.3 Å². The number of benzene rings is 2. The van der Waals surface area contributed by atoms with Gasteiger partial charge in [-0.05, 0) is 15.4 Å². The van der Waals surface area contributed by atoms with Gasteiger partial charge in [0.25, 0.3) is 8.32 Å². The highest BCUT2D eigenvalue weighted by molar-refractivity contribution is 6.99. The van der Waals surface area contributed by atoms with Crippen molar-refractivity contribution in [3.8, 4) is 0 Å². The van der Waals surface area contributed by atoms with E-state index in [0.29, 0.717) is 12.8 Å². The largest absolute Gasteiger partial charge is 0.404 e. The Balaban J connectivity index is 2.00. The normalized spacial score (nSPS) is 23.1. The fourth-order valence-electron chi connectivity index (χ4n) is 4.35. The van der Waals surface area contributed by atoms with Gasteiger partial charge in [0.15, 0.2) is 0 Å². The van der Waals surface area contributed by atoms with Crippen LogP contribution in [-0.4, -0.2) is 50.1 Å². The van der Waals surface area contributed by atoms with E-state index in [9.17, 15) is 5.11 Å². The molecule has 0 radical (unpaired) electrons. The van der Waals surface area contributed by atoms with Gasteiger partial charge in [-0.3, -0.25) is 0 Å². The first-order valence-electron chi connectivity index (χ1n) is 10.1. The molecule has 0 aromatic heterocycles. The third-order valence-electron chi connectivity index (χ3n) is 5.61. The van der Waals surface area contributed by atoms with Crippen molar-refractivity contribution in [1.29, 1.82) is 0 Å². The molecule has 1 saturated carbocycles. The van der Waals surface area contributed by atoms with Gasteiger partial charge in [-0.25, -0.2) is 0 Å². The maximum absolute atomic E-state index is 10.5. The molecule has 1 aliphatic carbocycles. The van der Waals surface area contributed by atoms with E-state index < -0.39 is 14.4 Å². The summed E-state index contributed by atoms with van der Waals surface area (Å²) in [5, 5.41) is 21.9. The Morgan fingerprint density at radius 2 is 1.46 bits per heavy atom. The number of aliphatic hydroxyl groups excluding tert-OH is 2. The van der Waals surface area contributed by atoms with Crippen LogP contribution in [0.1, 0.15) is 33.6 Å². The van der Waals surface area contributed by atoms with Crippen LogP contribution < -0.4 is 10.4 Å². The molecule has 152 valence electrons. The van der Waals surface area contributed by atoms with Gasteiger partial charge in [-0.2, -0.15) is 0 Å². The molecule has 0 saturated heterocycles. The van der Waals surface area contributed by atoms with Crippen LogP contribution >= 0.6 is 0 Å². The van der Waals surface area contributed by atoms with Gasteiger partial charge >= 0.3 is 0 Å². The number of ether oxygens (including phenoxy) is 1. The number of hydrogen-bond acceptors (Lipinski definition) is 4. The predicted molar refractivity (Wildman–Crippen MR) is 115 cm³/mol. The summed E-state index contributed by atoms with van der Waals surface area (Å²) in [6.07, 6.45) is 0.279. The first-order valence-corrected chi connectivity index (χ1v) is 12.0. The highest BCUT2D eigenvalue weighted by Crippen LogP contribution is 2.40. The molecule has 4 nitrogen and oxygen atoms in total. The molecule has 3 atom stereocenters. The summed E-state index contributed by atoms with van der Waals surface area (Å²) in [4.78, 5) is 0. The molecule has 3 rings (SSSR count). The predicted octanol–water partition coefficient (Wildman–Crippen LogP) is 2.46. The topological polar surface area (TPSA) is 58.9 Å². The highest BCUT2D eigenvalue weighted by Gasteiger charge is 2.52. The highest BCUT2D eigenvalue weighted by atomic mass is 28.4. The van der Waals surface area contributed by atoms with Crippen LogP contribution in [0.4, 0.5) is 0 Å². The maximum atomic E-state index is 10.5. The van der Waals surface area contributed by atoms with Gasteiger partial charge in [0.05, 0.1) is 31.5 Å². The monoisotopic (exact) mass is 400 g/mol. The van der Waals surface area contributed by atoms with Crippen LogP contribution in [0.3, 0.4) is 0 Å². The first-order chi connectivity index (χ1) is 13.4. The lowest BCUT2D eigenvalue weighted by Gasteiger charge is -2.44. The van der Waals surface area contributed by atoms with Crippen molar-refractivity contribution < 1.29 is 19.4 Å². The molecule has 28 heavy (non-hydrogen) atoms. The Bertz CT molecular complexity index is 690. The van der Waals surface area contributed by atoms with E-state index in [4.69, 9.17) is 14.3 Å². The van der Waals surface area contributed by atoms with Crippen LogP contribution in [-0.2, 0) is 9.16 Å². The van der Waals surface area contributed by atoms with Crippen LogP contribution in [0.25, 0.3) is 0 Å². The van der Waals surface area contributed by atoms with Crippen molar-refractivity contribution in [1.82, 2.24) is 0 Å². The van der Waals surface area contributed by atoms with E-state index >= 15 is 0 Å². The van der Waals surface area contributed by atoms with Gasteiger partial charge in [0, 0.05) is 12.8 Å².